The van der Waals surface area contributed by atoms with Crippen molar-refractivity contribution in [2.75, 3.05) is 26.3 Å². The SMILES string of the molecule is CCOC(=O)N1CCC2(CC1)CO2. The van der Waals surface area contributed by atoms with Gasteiger partial charge in [0.1, 0.15) is 0 Å². The molecule has 0 N–H and O–H groups in total. The lowest BCUT2D eigenvalue weighted by Crippen LogP contribution is -2.41. The minimum Gasteiger partial charge on any atom is -0.450 e. The number of hydrogen-bond donors (Lipinski definition) is 0. The zero-order valence-corrected chi connectivity index (χ0v) is 7.91. The lowest BCUT2D eigenvalue weighted by Gasteiger charge is -2.29. The fraction of sp³-hybridized carbons (Fsp3) is 0.889. The van der Waals surface area contributed by atoms with Gasteiger partial charge in [-0.1, -0.05) is 0 Å². The van der Waals surface area contributed by atoms with Crippen LogP contribution in [0.15, 0.2) is 0 Å². The van der Waals surface area contributed by atoms with E-state index in [0.717, 1.165) is 32.5 Å². The standard InChI is InChI=1S/C9H15NO3/c1-2-12-8(11)10-5-3-9(4-6-10)7-13-9/h2-7H2,1H3. The van der Waals surface area contributed by atoms with Crippen LogP contribution in [0.25, 0.3) is 0 Å². The van der Waals surface area contributed by atoms with Gasteiger partial charge in [-0.3, -0.25) is 0 Å². The molecule has 13 heavy (non-hydrogen) atoms. The van der Waals surface area contributed by atoms with Crippen molar-refractivity contribution in [3.63, 3.8) is 0 Å². The Labute approximate surface area is 77.8 Å². The Bertz CT molecular complexity index is 203. The zero-order valence-electron chi connectivity index (χ0n) is 7.91. The van der Waals surface area contributed by atoms with E-state index >= 15 is 0 Å². The monoisotopic (exact) mass is 185 g/mol. The average Bonchev–Trinajstić information content (AvgIpc) is 2.87. The van der Waals surface area contributed by atoms with Crippen LogP contribution in [0.5, 0.6) is 0 Å². The van der Waals surface area contributed by atoms with E-state index in [2.05, 4.69) is 0 Å². The number of ether oxygens (including phenoxy) is 2. The second-order valence-corrected chi connectivity index (χ2v) is 3.66. The first-order valence-corrected chi connectivity index (χ1v) is 4.81. The van der Waals surface area contributed by atoms with Crippen LogP contribution in [0.1, 0.15) is 19.8 Å². The summed E-state index contributed by atoms with van der Waals surface area (Å²) in [5.74, 6) is 0. The second-order valence-electron chi connectivity index (χ2n) is 3.66. The van der Waals surface area contributed by atoms with Gasteiger partial charge in [-0.25, -0.2) is 4.79 Å². The van der Waals surface area contributed by atoms with Crippen LogP contribution < -0.4 is 0 Å². The number of carbonyl (C=O) groups excluding carboxylic acids is 1. The Morgan fingerprint density at radius 2 is 2.15 bits per heavy atom. The molecule has 0 atom stereocenters. The van der Waals surface area contributed by atoms with E-state index in [9.17, 15) is 4.79 Å². The van der Waals surface area contributed by atoms with E-state index in [1.54, 1.807) is 4.90 Å². The minimum atomic E-state index is -0.182. The van der Waals surface area contributed by atoms with Crippen LogP contribution in [0.3, 0.4) is 0 Å². The highest BCUT2D eigenvalue weighted by Gasteiger charge is 2.47. The topological polar surface area (TPSA) is 42.1 Å². The maximum absolute atomic E-state index is 11.3. The molecule has 2 rings (SSSR count). The summed E-state index contributed by atoms with van der Waals surface area (Å²) in [4.78, 5) is 13.1. The van der Waals surface area contributed by atoms with E-state index in [1.165, 1.54) is 0 Å². The Morgan fingerprint density at radius 3 is 2.62 bits per heavy atom. The highest BCUT2D eigenvalue weighted by molar-refractivity contribution is 5.67. The number of epoxide rings is 1. The van der Waals surface area contributed by atoms with Gasteiger partial charge in [-0.2, -0.15) is 0 Å². The summed E-state index contributed by atoms with van der Waals surface area (Å²) < 4.78 is 10.3. The molecule has 0 aromatic carbocycles. The summed E-state index contributed by atoms with van der Waals surface area (Å²) in [6.45, 7) is 4.71. The second kappa shape index (κ2) is 3.18. The number of rotatable bonds is 1. The molecule has 1 spiro atoms. The molecular weight excluding hydrogens is 170 g/mol. The van der Waals surface area contributed by atoms with Crippen LogP contribution in [0.4, 0.5) is 4.79 Å². The molecule has 74 valence electrons. The summed E-state index contributed by atoms with van der Waals surface area (Å²) >= 11 is 0. The molecule has 4 heteroatoms. The van der Waals surface area contributed by atoms with Gasteiger partial charge in [0, 0.05) is 13.1 Å². The normalized spacial score (nSPS) is 24.5. The molecule has 0 aromatic heterocycles. The molecule has 0 aliphatic carbocycles. The van der Waals surface area contributed by atoms with Gasteiger partial charge in [0.15, 0.2) is 0 Å². The maximum atomic E-state index is 11.3. The third-order valence-corrected chi connectivity index (χ3v) is 2.75. The summed E-state index contributed by atoms with van der Waals surface area (Å²) in [5, 5.41) is 0. The van der Waals surface area contributed by atoms with Crippen molar-refractivity contribution in [3.8, 4) is 0 Å². The molecule has 2 saturated heterocycles. The molecule has 2 aliphatic rings. The smallest absolute Gasteiger partial charge is 0.409 e. The molecule has 0 radical (unpaired) electrons. The minimum absolute atomic E-state index is 0.142. The van der Waals surface area contributed by atoms with E-state index in [1.807, 2.05) is 6.92 Å². The third-order valence-electron chi connectivity index (χ3n) is 2.75. The Balaban J connectivity index is 1.80. The van der Waals surface area contributed by atoms with Crippen molar-refractivity contribution in [1.82, 2.24) is 4.90 Å². The molecule has 2 fully saturated rings. The number of hydrogen-bond acceptors (Lipinski definition) is 3. The van der Waals surface area contributed by atoms with Gasteiger partial charge < -0.3 is 14.4 Å². The Morgan fingerprint density at radius 1 is 1.54 bits per heavy atom. The third kappa shape index (κ3) is 1.77. The highest BCUT2D eigenvalue weighted by Crippen LogP contribution is 2.37. The van der Waals surface area contributed by atoms with Gasteiger partial charge in [0.05, 0.1) is 18.8 Å². The van der Waals surface area contributed by atoms with Gasteiger partial charge in [0.2, 0.25) is 0 Å². The van der Waals surface area contributed by atoms with Crippen LogP contribution in [-0.4, -0.2) is 42.9 Å². The Kier molecular flexibility index (Phi) is 2.15. The largest absolute Gasteiger partial charge is 0.450 e. The van der Waals surface area contributed by atoms with Gasteiger partial charge in [-0.15, -0.1) is 0 Å². The Hall–Kier alpha value is -0.770. The van der Waals surface area contributed by atoms with Crippen molar-refractivity contribution in [2.45, 2.75) is 25.4 Å². The van der Waals surface area contributed by atoms with Crippen LogP contribution >= 0.6 is 0 Å². The predicted molar refractivity (Wildman–Crippen MR) is 46.5 cm³/mol. The van der Waals surface area contributed by atoms with Crippen molar-refractivity contribution in [1.29, 1.82) is 0 Å². The van der Waals surface area contributed by atoms with Crippen LogP contribution in [-0.2, 0) is 9.47 Å². The van der Waals surface area contributed by atoms with Gasteiger partial charge >= 0.3 is 6.09 Å². The van der Waals surface area contributed by atoms with E-state index in [4.69, 9.17) is 9.47 Å². The molecule has 2 heterocycles. The molecular formula is C9H15NO3. The number of nitrogens with zero attached hydrogens (tertiary/aromatic N) is 1. The molecule has 2 aliphatic heterocycles. The van der Waals surface area contributed by atoms with Crippen molar-refractivity contribution in [3.05, 3.63) is 0 Å². The predicted octanol–water partition coefficient (Wildman–Crippen LogP) is 1.01. The van der Waals surface area contributed by atoms with Crippen molar-refractivity contribution >= 4 is 6.09 Å². The summed E-state index contributed by atoms with van der Waals surface area (Å²) in [6, 6.07) is 0. The quantitative estimate of drug-likeness (QED) is 0.572. The molecule has 4 nitrogen and oxygen atoms in total. The molecule has 1 amide bonds. The van der Waals surface area contributed by atoms with Crippen molar-refractivity contribution < 1.29 is 14.3 Å². The first-order chi connectivity index (χ1) is 6.26. The highest BCUT2D eigenvalue weighted by atomic mass is 16.6. The first-order valence-electron chi connectivity index (χ1n) is 4.81. The fourth-order valence-electron chi connectivity index (χ4n) is 1.70. The summed E-state index contributed by atoms with van der Waals surface area (Å²) in [6.07, 6.45) is 1.75. The number of carbonyl (C=O) groups is 1. The lowest BCUT2D eigenvalue weighted by atomic mass is 9.98. The first kappa shape index (κ1) is 8.81. The van der Waals surface area contributed by atoms with Crippen molar-refractivity contribution in [2.24, 2.45) is 0 Å². The fourth-order valence-corrected chi connectivity index (χ4v) is 1.70. The number of amides is 1. The van der Waals surface area contributed by atoms with Gasteiger partial charge in [0.25, 0.3) is 0 Å². The average molecular weight is 185 g/mol. The molecule has 0 bridgehead atoms. The zero-order chi connectivity index (χ0) is 9.31. The lowest BCUT2D eigenvalue weighted by molar-refractivity contribution is 0.0850. The van der Waals surface area contributed by atoms with E-state index in [0.29, 0.717) is 6.61 Å². The molecule has 0 aromatic rings. The van der Waals surface area contributed by atoms with E-state index in [-0.39, 0.29) is 11.7 Å². The number of likely N-dealkylation sites (tertiary alicyclic amines) is 1. The van der Waals surface area contributed by atoms with Crippen LogP contribution in [0.2, 0.25) is 0 Å². The van der Waals surface area contributed by atoms with Crippen LogP contribution in [0, 0.1) is 0 Å². The number of piperidine rings is 1. The van der Waals surface area contributed by atoms with Gasteiger partial charge in [-0.05, 0) is 19.8 Å². The molecule has 0 saturated carbocycles. The summed E-state index contributed by atoms with van der Waals surface area (Å²) in [7, 11) is 0. The maximum Gasteiger partial charge on any atom is 0.409 e. The van der Waals surface area contributed by atoms with E-state index < -0.39 is 0 Å². The molecule has 0 unspecified atom stereocenters. The summed E-state index contributed by atoms with van der Waals surface area (Å²) in [5.41, 5.74) is 0.142.